The summed E-state index contributed by atoms with van der Waals surface area (Å²) in [4.78, 5) is 206. The van der Waals surface area contributed by atoms with Crippen molar-refractivity contribution in [2.24, 2.45) is 11.7 Å². The van der Waals surface area contributed by atoms with Crippen LogP contribution in [0.15, 0.2) is 97.2 Å². The summed E-state index contributed by atoms with van der Waals surface area (Å²) >= 11 is 6.23. The lowest BCUT2D eigenvalue weighted by Gasteiger charge is -2.31. The molecule has 0 spiro atoms. The Hall–Kier alpha value is -11.2. The topological polar surface area (TPSA) is 484 Å². The highest BCUT2D eigenvalue weighted by atomic mass is 35.5. The van der Waals surface area contributed by atoms with Crippen LogP contribution >= 0.6 is 11.6 Å². The number of rotatable bonds is 14. The molecule has 1 aromatic heterocycles. The molecule has 0 unspecified atom stereocenters. The van der Waals surface area contributed by atoms with Crippen LogP contribution in [0.5, 0.6) is 0 Å². The van der Waals surface area contributed by atoms with Crippen LogP contribution in [0.4, 0.5) is 0 Å². The fourth-order valence-electron chi connectivity index (χ4n) is 12.4. The number of hydrogen-bond donors (Lipinski definition) is 17. The predicted octanol–water partition coefficient (Wildman–Crippen LogP) is -1.29. The van der Waals surface area contributed by atoms with E-state index >= 15 is 24.0 Å². The first-order chi connectivity index (χ1) is 49.2. The van der Waals surface area contributed by atoms with Gasteiger partial charge in [-0.15, -0.1) is 0 Å². The van der Waals surface area contributed by atoms with Crippen molar-refractivity contribution in [1.82, 2.24) is 79.0 Å². The van der Waals surface area contributed by atoms with Gasteiger partial charge in [-0.3, -0.25) is 67.7 Å². The van der Waals surface area contributed by atoms with Crippen LogP contribution in [0.1, 0.15) is 95.2 Å². The molecular formula is C70H88ClN17O15. The van der Waals surface area contributed by atoms with Gasteiger partial charge in [0.25, 0.3) is 0 Å². The van der Waals surface area contributed by atoms with Gasteiger partial charge in [-0.25, -0.2) is 4.79 Å². The highest BCUT2D eigenvalue weighted by Crippen LogP contribution is 2.24. The van der Waals surface area contributed by atoms with Crippen LogP contribution < -0.4 is 74.9 Å². The predicted molar refractivity (Wildman–Crippen MR) is 376 cm³/mol. The number of fused-ring (bicyclic) bond motifs is 6. The third-order valence-corrected chi connectivity index (χ3v) is 18.0. The van der Waals surface area contributed by atoms with E-state index in [2.05, 4.69) is 74.1 Å². The zero-order chi connectivity index (χ0) is 74.4. The number of nitrogens with two attached hydrogens (primary N) is 1. The minimum absolute atomic E-state index is 0.0141. The first-order valence-electron chi connectivity index (χ1n) is 34.1. The number of guanidine groups is 1. The average molecular weight is 1440 g/mol. The minimum Gasteiger partial charge on any atom is -0.480 e. The van der Waals surface area contributed by atoms with Crippen LogP contribution in [0, 0.1) is 11.3 Å². The van der Waals surface area contributed by atoms with E-state index in [1.54, 1.807) is 80.7 Å². The number of nitrogens with zero attached hydrogens (tertiary/aromatic N) is 1. The molecule has 8 rings (SSSR count). The molecule has 0 saturated carbocycles. The molecule has 3 aliphatic rings. The fraction of sp³-hybridized carbons (Fsp3) is 0.443. The maximum absolute atomic E-state index is 15.4. The number of H-pyrrole nitrogens is 1. The lowest BCUT2D eigenvalue weighted by molar-refractivity contribution is -0.145. The van der Waals surface area contributed by atoms with E-state index < -0.39 is 182 Å². The van der Waals surface area contributed by atoms with Gasteiger partial charge in [-0.1, -0.05) is 98.2 Å². The van der Waals surface area contributed by atoms with Gasteiger partial charge >= 0.3 is 5.97 Å². The van der Waals surface area contributed by atoms with E-state index in [1.807, 2.05) is 18.2 Å². The Morgan fingerprint density at radius 3 is 1.95 bits per heavy atom. The Balaban J connectivity index is 1.23. The molecule has 3 aliphatic heterocycles. The van der Waals surface area contributed by atoms with Crippen LogP contribution in [0.2, 0.25) is 5.02 Å². The lowest BCUT2D eigenvalue weighted by atomic mass is 9.98. The molecule has 0 aliphatic carbocycles. The number of benzene rings is 4. The number of amides is 13. The van der Waals surface area contributed by atoms with E-state index in [0.717, 1.165) is 17.7 Å². The molecular weight excluding hydrogens is 1350 g/mol. The molecule has 4 aromatic carbocycles. The molecule has 10 atom stereocenters. The zero-order valence-electron chi connectivity index (χ0n) is 57.2. The number of aromatic amines is 1. The number of carboxylic acids is 1. The van der Waals surface area contributed by atoms with Crippen LogP contribution in [-0.4, -0.2) is 197 Å². The third-order valence-electron chi connectivity index (χ3n) is 17.7. The Bertz CT molecular complexity index is 4000. The molecule has 13 amide bonds. The van der Waals surface area contributed by atoms with Gasteiger partial charge in [0.1, 0.15) is 60.4 Å². The monoisotopic (exact) mass is 1440 g/mol. The van der Waals surface area contributed by atoms with Crippen LogP contribution in [0.25, 0.3) is 21.7 Å². The summed E-state index contributed by atoms with van der Waals surface area (Å²) in [6, 6.07) is 9.60. The van der Waals surface area contributed by atoms with Crippen molar-refractivity contribution in [1.29, 1.82) is 5.41 Å². The first-order valence-corrected chi connectivity index (χ1v) is 34.4. The summed E-state index contributed by atoms with van der Waals surface area (Å²) in [5.74, 6) is -14.5. The molecule has 33 heteroatoms. The normalized spacial score (nSPS) is 24.0. The SMILES string of the molecule is CC(=O)N[C@H]1CCC(=O)NCC(=O)NCC[C@@H]2NC(=O)[C@H](CC(=O)NC[C@@H](C(=O)O)NC(=O)[C@@H]3CCCN3C(=O)[C@H](CCCNC(=N)N)NC(=O)[C@H](CC(C)C)NC(=O)[C@@H](Cc3ccc4ccccc4c3)NC2=O)NC(=O)[C@@H](Cc2c[nH]c3ccccc23)NC(=O)[C@@H](Cc2ccc(Cl)cc2)NC1=O. The summed E-state index contributed by atoms with van der Waals surface area (Å²) in [7, 11) is 0. The minimum atomic E-state index is -2.06. The lowest BCUT2D eigenvalue weighted by Crippen LogP contribution is -2.61. The zero-order valence-corrected chi connectivity index (χ0v) is 57.9. The molecule has 3 saturated heterocycles. The van der Waals surface area contributed by atoms with Gasteiger partial charge in [0.05, 0.1) is 13.0 Å². The van der Waals surface area contributed by atoms with Crippen molar-refractivity contribution in [3.8, 4) is 0 Å². The van der Waals surface area contributed by atoms with Gasteiger partial charge in [-0.05, 0) is 96.5 Å². The van der Waals surface area contributed by atoms with Crippen molar-refractivity contribution in [3.05, 3.63) is 119 Å². The molecule has 5 aromatic rings. The highest BCUT2D eigenvalue weighted by Gasteiger charge is 2.41. The standard InChI is InChI=1S/C70H88ClN17O15/c1-37(2)28-50-62(95)81-49(14-8-25-75-70(72)73)68(101)88-27-9-15-56(88)67(100)87-55(69(102)103)35-77-58(91)33-54-66(99)80-48(61(94)84-52(64(97)82-50)31-40-16-19-41-10-4-5-11-42(41)29-40)24-26-74-59(92)36-78-57(90)23-22-47(79-38(3)89)60(93)83-51(30-39-17-20-44(71)21-18-39)63(96)85-53(65(98)86-54)32-43-34-76-46-13-7-6-12-45(43)46/h4-7,10-13,16-21,29,34,37,47-56,76H,8-9,14-15,22-28,30-33,35-36H2,1-3H3,(H,74,92)(H,77,91)(H,78,90)(H,79,89)(H,80,99)(H,81,95)(H,82,97)(H,83,93)(H,84,94)(H,85,96)(H,86,98)(H,87,100)(H,102,103)(H4,72,73,75)/t47-,48-,49-,50-,51+,52+,53+,54-,55-,56-/m0/s1. The summed E-state index contributed by atoms with van der Waals surface area (Å²) in [6.07, 6.45) is -1.30. The summed E-state index contributed by atoms with van der Waals surface area (Å²) in [5, 5.41) is 54.4. The molecule has 18 N–H and O–H groups in total. The van der Waals surface area contributed by atoms with E-state index in [1.165, 1.54) is 17.0 Å². The van der Waals surface area contributed by atoms with Gasteiger partial charge in [0.2, 0.25) is 76.8 Å². The number of carbonyl (C=O) groups excluding carboxylic acids is 13. The van der Waals surface area contributed by atoms with Gasteiger partial charge < -0.3 is 89.8 Å². The van der Waals surface area contributed by atoms with E-state index in [-0.39, 0.29) is 82.8 Å². The number of para-hydroxylation sites is 1. The number of aliphatic carboxylic acids is 1. The number of hydrogen-bond acceptors (Lipinski definition) is 15. The van der Waals surface area contributed by atoms with Gasteiger partial charge in [0, 0.05) is 80.9 Å². The van der Waals surface area contributed by atoms with Crippen LogP contribution in [-0.2, 0) is 86.4 Å². The van der Waals surface area contributed by atoms with Gasteiger partial charge in [-0.2, -0.15) is 0 Å². The van der Waals surface area contributed by atoms with Gasteiger partial charge in [0.15, 0.2) is 5.96 Å². The molecule has 103 heavy (non-hydrogen) atoms. The van der Waals surface area contributed by atoms with Crippen molar-refractivity contribution < 1.29 is 72.2 Å². The first kappa shape index (κ1) is 77.6. The van der Waals surface area contributed by atoms with Crippen molar-refractivity contribution in [3.63, 3.8) is 0 Å². The van der Waals surface area contributed by atoms with Crippen LogP contribution in [0.3, 0.4) is 0 Å². The smallest absolute Gasteiger partial charge is 0.328 e. The highest BCUT2D eigenvalue weighted by molar-refractivity contribution is 6.30. The average Bonchev–Trinajstić information content (AvgIpc) is 1.40. The van der Waals surface area contributed by atoms with E-state index in [4.69, 9.17) is 22.7 Å². The second kappa shape index (κ2) is 36.9. The quantitative estimate of drug-likeness (QED) is 0.0349. The Kier molecular flexibility index (Phi) is 27.8. The van der Waals surface area contributed by atoms with Crippen molar-refractivity contribution >= 4 is 122 Å². The number of halogens is 1. The maximum Gasteiger partial charge on any atom is 0.328 e. The largest absolute Gasteiger partial charge is 0.480 e. The molecule has 3 fully saturated rings. The number of carbonyl (C=O) groups is 14. The Morgan fingerprint density at radius 1 is 0.631 bits per heavy atom. The molecule has 32 nitrogen and oxygen atoms in total. The molecule has 2 bridgehead atoms. The van der Waals surface area contributed by atoms with Crippen molar-refractivity contribution in [2.75, 3.05) is 32.7 Å². The van der Waals surface area contributed by atoms with E-state index in [9.17, 15) is 48.3 Å². The second-order valence-electron chi connectivity index (χ2n) is 26.1. The number of nitrogens with one attached hydrogen (secondary N) is 15. The van der Waals surface area contributed by atoms with E-state index in [0.29, 0.717) is 32.6 Å². The fourth-order valence-corrected chi connectivity index (χ4v) is 12.5. The maximum atomic E-state index is 15.4. The van der Waals surface area contributed by atoms with Crippen molar-refractivity contribution in [2.45, 2.75) is 158 Å². The number of carboxylic acid groups (broad SMARTS) is 1. The summed E-state index contributed by atoms with van der Waals surface area (Å²) in [5.41, 5.74) is 7.57. The summed E-state index contributed by atoms with van der Waals surface area (Å²) < 4.78 is 0. The molecule has 0 radical (unpaired) electrons. The second-order valence-corrected chi connectivity index (χ2v) is 26.6. The number of aromatic nitrogens is 1. The summed E-state index contributed by atoms with van der Waals surface area (Å²) in [6.45, 7) is 2.77. The Labute approximate surface area is 597 Å². The molecule has 550 valence electrons. The molecule has 4 heterocycles. The Morgan fingerprint density at radius 2 is 1.24 bits per heavy atom. The third kappa shape index (κ3) is 22.9.